The van der Waals surface area contributed by atoms with Crippen molar-refractivity contribution in [3.05, 3.63) is 54.7 Å². The molecule has 7 heteroatoms. The van der Waals surface area contributed by atoms with Crippen LogP contribution in [0.2, 0.25) is 0 Å². The van der Waals surface area contributed by atoms with Gasteiger partial charge in [-0.25, -0.2) is 0 Å². The fourth-order valence-electron chi connectivity index (χ4n) is 3.14. The minimum Gasteiger partial charge on any atom is -0.323 e. The zero-order valence-electron chi connectivity index (χ0n) is 13.2. The first-order valence-electron chi connectivity index (χ1n) is 8.04. The number of nitrogens with zero attached hydrogens (tertiary/aromatic N) is 5. The van der Waals surface area contributed by atoms with Gasteiger partial charge in [-0.15, -0.1) is 10.2 Å². The Morgan fingerprint density at radius 1 is 1.29 bits per heavy atom. The Labute approximate surface area is 139 Å². The molecule has 1 saturated heterocycles. The highest BCUT2D eigenvalue weighted by molar-refractivity contribution is 5.95. The van der Waals surface area contributed by atoms with Crippen molar-refractivity contribution in [3.8, 4) is 0 Å². The van der Waals surface area contributed by atoms with Crippen molar-refractivity contribution in [2.45, 2.75) is 25.4 Å². The number of rotatable bonds is 4. The fourth-order valence-corrected chi connectivity index (χ4v) is 3.14. The van der Waals surface area contributed by atoms with Gasteiger partial charge in [-0.2, -0.15) is 0 Å². The predicted molar refractivity (Wildman–Crippen MR) is 89.3 cm³/mol. The lowest BCUT2D eigenvalue weighted by atomic mass is 10.2. The first-order valence-corrected chi connectivity index (χ1v) is 8.04. The van der Waals surface area contributed by atoms with Crippen LogP contribution in [0, 0.1) is 0 Å². The van der Waals surface area contributed by atoms with E-state index in [4.69, 9.17) is 0 Å². The number of nitrogens with one attached hydrogen (secondary N) is 1. The molecule has 0 bridgehead atoms. The number of anilines is 1. The Morgan fingerprint density at radius 3 is 3.12 bits per heavy atom. The summed E-state index contributed by atoms with van der Waals surface area (Å²) in [6.45, 7) is 1.61. The number of amides is 1. The maximum atomic E-state index is 12.7. The van der Waals surface area contributed by atoms with Gasteiger partial charge in [0, 0.05) is 18.9 Å². The van der Waals surface area contributed by atoms with Crippen molar-refractivity contribution in [1.82, 2.24) is 24.5 Å². The molecule has 1 fully saturated rings. The molecule has 1 N–H and O–H groups in total. The zero-order valence-corrected chi connectivity index (χ0v) is 13.2. The molecule has 1 atom stereocenters. The summed E-state index contributed by atoms with van der Waals surface area (Å²) < 4.78 is 1.79. The molecule has 0 aliphatic carbocycles. The number of hydrogen-bond acceptors (Lipinski definition) is 5. The molecular weight excluding hydrogens is 304 g/mol. The summed E-state index contributed by atoms with van der Waals surface area (Å²) in [5, 5.41) is 10.8. The maximum Gasteiger partial charge on any atom is 0.241 e. The molecule has 0 aromatic carbocycles. The number of aromatic nitrogens is 4. The van der Waals surface area contributed by atoms with Gasteiger partial charge in [-0.05, 0) is 43.7 Å². The van der Waals surface area contributed by atoms with Gasteiger partial charge in [0.2, 0.25) is 5.91 Å². The molecule has 3 aromatic rings. The van der Waals surface area contributed by atoms with Crippen LogP contribution in [-0.4, -0.2) is 43.0 Å². The number of hydrogen-bond donors (Lipinski definition) is 1. The standard InChI is InChI=1S/C17H18N6O/c24-17(20-14-6-7-16-21-19-12-23(16)11-14)15-5-3-9-22(15)10-13-4-1-2-8-18-13/h1-2,4,6-8,11-12,15H,3,5,9-10H2,(H,20,24). The van der Waals surface area contributed by atoms with Crippen molar-refractivity contribution >= 4 is 17.2 Å². The molecule has 1 aliphatic rings. The second kappa shape index (κ2) is 6.37. The minimum atomic E-state index is -0.122. The first-order chi connectivity index (χ1) is 11.8. The average molecular weight is 322 g/mol. The van der Waals surface area contributed by atoms with Crippen molar-refractivity contribution in [2.75, 3.05) is 11.9 Å². The summed E-state index contributed by atoms with van der Waals surface area (Å²) in [5.41, 5.74) is 2.49. The van der Waals surface area contributed by atoms with Crippen LogP contribution in [0.25, 0.3) is 5.65 Å². The van der Waals surface area contributed by atoms with Crippen LogP contribution >= 0.6 is 0 Å². The molecule has 4 heterocycles. The van der Waals surface area contributed by atoms with Crippen molar-refractivity contribution in [1.29, 1.82) is 0 Å². The monoisotopic (exact) mass is 322 g/mol. The number of carbonyl (C=O) groups is 1. The molecule has 122 valence electrons. The third-order valence-corrected chi connectivity index (χ3v) is 4.32. The quantitative estimate of drug-likeness (QED) is 0.792. The lowest BCUT2D eigenvalue weighted by Crippen LogP contribution is -2.39. The lowest BCUT2D eigenvalue weighted by Gasteiger charge is -2.23. The highest BCUT2D eigenvalue weighted by atomic mass is 16.2. The summed E-state index contributed by atoms with van der Waals surface area (Å²) >= 11 is 0. The predicted octanol–water partition coefficient (Wildman–Crippen LogP) is 1.73. The van der Waals surface area contributed by atoms with Crippen LogP contribution in [0.1, 0.15) is 18.5 Å². The molecule has 0 saturated carbocycles. The molecule has 3 aromatic heterocycles. The second-order valence-corrected chi connectivity index (χ2v) is 5.95. The first kappa shape index (κ1) is 14.8. The summed E-state index contributed by atoms with van der Waals surface area (Å²) in [4.78, 5) is 19.2. The van der Waals surface area contributed by atoms with Gasteiger partial charge in [-0.3, -0.25) is 19.1 Å². The molecule has 7 nitrogen and oxygen atoms in total. The third kappa shape index (κ3) is 2.98. The van der Waals surface area contributed by atoms with Crippen LogP contribution in [0.3, 0.4) is 0 Å². The lowest BCUT2D eigenvalue weighted by molar-refractivity contribution is -0.120. The Kier molecular flexibility index (Phi) is 3.92. The average Bonchev–Trinajstić information content (AvgIpc) is 3.24. The highest BCUT2D eigenvalue weighted by Gasteiger charge is 2.30. The SMILES string of the molecule is O=C(Nc1ccc2nncn2c1)C1CCCN1Cc1ccccn1. The topological polar surface area (TPSA) is 75.4 Å². The zero-order chi connectivity index (χ0) is 16.4. The van der Waals surface area contributed by atoms with Crippen LogP contribution < -0.4 is 5.32 Å². The highest BCUT2D eigenvalue weighted by Crippen LogP contribution is 2.21. The summed E-state index contributed by atoms with van der Waals surface area (Å²) in [7, 11) is 0. The summed E-state index contributed by atoms with van der Waals surface area (Å²) in [5.74, 6) is 0.0239. The van der Waals surface area contributed by atoms with Crippen LogP contribution in [0.5, 0.6) is 0 Å². The Morgan fingerprint density at radius 2 is 2.25 bits per heavy atom. The van der Waals surface area contributed by atoms with Gasteiger partial charge >= 0.3 is 0 Å². The van der Waals surface area contributed by atoms with Gasteiger partial charge in [0.15, 0.2) is 5.65 Å². The van der Waals surface area contributed by atoms with E-state index in [2.05, 4.69) is 25.4 Å². The molecule has 24 heavy (non-hydrogen) atoms. The van der Waals surface area contributed by atoms with Gasteiger partial charge in [0.05, 0.1) is 17.4 Å². The van der Waals surface area contributed by atoms with E-state index >= 15 is 0 Å². The molecule has 0 spiro atoms. The van der Waals surface area contributed by atoms with E-state index in [1.54, 1.807) is 16.9 Å². The summed E-state index contributed by atoms with van der Waals surface area (Å²) in [6.07, 6.45) is 7.12. The van der Waals surface area contributed by atoms with E-state index in [1.807, 2.05) is 36.5 Å². The molecule has 0 radical (unpaired) electrons. The fraction of sp³-hybridized carbons (Fsp3) is 0.294. The largest absolute Gasteiger partial charge is 0.323 e. The van der Waals surface area contributed by atoms with Gasteiger partial charge in [-0.1, -0.05) is 6.07 Å². The van der Waals surface area contributed by atoms with Crippen LogP contribution in [-0.2, 0) is 11.3 Å². The number of fused-ring (bicyclic) bond motifs is 1. The van der Waals surface area contributed by atoms with E-state index in [0.29, 0.717) is 6.54 Å². The van der Waals surface area contributed by atoms with Crippen molar-refractivity contribution in [2.24, 2.45) is 0 Å². The molecule has 4 rings (SSSR count). The Bertz CT molecular complexity index is 846. The molecule has 1 aliphatic heterocycles. The minimum absolute atomic E-state index is 0.0239. The third-order valence-electron chi connectivity index (χ3n) is 4.32. The Balaban J connectivity index is 1.46. The van der Waals surface area contributed by atoms with E-state index in [9.17, 15) is 4.79 Å². The smallest absolute Gasteiger partial charge is 0.241 e. The molecule has 1 amide bonds. The van der Waals surface area contributed by atoms with E-state index in [1.165, 1.54) is 0 Å². The Hall–Kier alpha value is -2.80. The van der Waals surface area contributed by atoms with E-state index in [0.717, 1.165) is 36.4 Å². The van der Waals surface area contributed by atoms with Gasteiger partial charge in [0.1, 0.15) is 6.33 Å². The van der Waals surface area contributed by atoms with Crippen molar-refractivity contribution in [3.63, 3.8) is 0 Å². The number of carbonyl (C=O) groups excluding carboxylic acids is 1. The van der Waals surface area contributed by atoms with Crippen molar-refractivity contribution < 1.29 is 4.79 Å². The number of pyridine rings is 2. The molecule has 1 unspecified atom stereocenters. The van der Waals surface area contributed by atoms with Gasteiger partial charge < -0.3 is 5.32 Å². The normalized spacial score (nSPS) is 18.1. The summed E-state index contributed by atoms with van der Waals surface area (Å²) in [6, 6.07) is 9.43. The van der Waals surface area contributed by atoms with Crippen LogP contribution in [0.4, 0.5) is 5.69 Å². The van der Waals surface area contributed by atoms with Crippen LogP contribution in [0.15, 0.2) is 49.1 Å². The second-order valence-electron chi connectivity index (χ2n) is 5.95. The van der Waals surface area contributed by atoms with E-state index < -0.39 is 0 Å². The van der Waals surface area contributed by atoms with Gasteiger partial charge in [0.25, 0.3) is 0 Å². The molecular formula is C17H18N6O. The maximum absolute atomic E-state index is 12.7. The van der Waals surface area contributed by atoms with E-state index in [-0.39, 0.29) is 11.9 Å². The number of likely N-dealkylation sites (tertiary alicyclic amines) is 1.